The molecule has 0 saturated carbocycles. The highest BCUT2D eigenvalue weighted by Gasteiger charge is 2.13. The Morgan fingerprint density at radius 1 is 1.19 bits per heavy atom. The molecule has 0 unspecified atom stereocenters. The van der Waals surface area contributed by atoms with Gasteiger partial charge in [-0.3, -0.25) is 14.2 Å². The molecule has 3 rings (SSSR count). The highest BCUT2D eigenvalue weighted by Crippen LogP contribution is 2.21. The van der Waals surface area contributed by atoms with Crippen LogP contribution < -0.4 is 10.9 Å². The van der Waals surface area contributed by atoms with Crippen molar-refractivity contribution < 1.29 is 9.53 Å². The molecular formula is C24H29N3O3S. The monoisotopic (exact) mass is 439 g/mol. The van der Waals surface area contributed by atoms with Gasteiger partial charge in [0.1, 0.15) is 0 Å². The maximum Gasteiger partial charge on any atom is 0.262 e. The van der Waals surface area contributed by atoms with Crippen molar-refractivity contribution in [2.45, 2.75) is 44.8 Å². The van der Waals surface area contributed by atoms with Crippen LogP contribution in [0.3, 0.4) is 0 Å². The third-order valence-corrected chi connectivity index (χ3v) is 5.85. The van der Waals surface area contributed by atoms with Gasteiger partial charge in [0.25, 0.3) is 5.56 Å². The molecule has 1 aromatic heterocycles. The molecule has 0 spiro atoms. The minimum Gasteiger partial charge on any atom is -0.382 e. The zero-order valence-electron chi connectivity index (χ0n) is 18.3. The molecule has 0 fully saturated rings. The number of anilines is 1. The Morgan fingerprint density at radius 2 is 2.00 bits per heavy atom. The van der Waals surface area contributed by atoms with Gasteiger partial charge in [-0.15, -0.1) is 0 Å². The summed E-state index contributed by atoms with van der Waals surface area (Å²) in [5.74, 6) is 0.427. The number of ether oxygens (including phenoxy) is 1. The fraction of sp³-hybridized carbons (Fsp3) is 0.375. The van der Waals surface area contributed by atoms with E-state index in [2.05, 4.69) is 30.2 Å². The lowest BCUT2D eigenvalue weighted by molar-refractivity contribution is -0.113. The lowest BCUT2D eigenvalue weighted by Gasteiger charge is -2.13. The van der Waals surface area contributed by atoms with E-state index in [1.54, 1.807) is 10.6 Å². The Kier molecular flexibility index (Phi) is 8.26. The Labute approximate surface area is 187 Å². The lowest BCUT2D eigenvalue weighted by Crippen LogP contribution is -2.25. The topological polar surface area (TPSA) is 73.2 Å². The summed E-state index contributed by atoms with van der Waals surface area (Å²) in [5.41, 5.74) is 2.50. The average molecular weight is 440 g/mol. The molecule has 0 radical (unpaired) electrons. The molecule has 0 aliphatic heterocycles. The first-order valence-corrected chi connectivity index (χ1v) is 11.6. The number of nitrogens with one attached hydrogen (secondary N) is 1. The number of hydrogen-bond acceptors (Lipinski definition) is 5. The van der Waals surface area contributed by atoms with Crippen molar-refractivity contribution in [1.29, 1.82) is 0 Å². The highest BCUT2D eigenvalue weighted by atomic mass is 32.2. The van der Waals surface area contributed by atoms with Crippen molar-refractivity contribution in [2.24, 2.45) is 0 Å². The van der Waals surface area contributed by atoms with Crippen molar-refractivity contribution in [1.82, 2.24) is 9.55 Å². The Morgan fingerprint density at radius 3 is 2.77 bits per heavy atom. The summed E-state index contributed by atoms with van der Waals surface area (Å²) in [7, 11) is 0. The van der Waals surface area contributed by atoms with Crippen LogP contribution in [0.2, 0.25) is 0 Å². The van der Waals surface area contributed by atoms with Gasteiger partial charge >= 0.3 is 0 Å². The Hall–Kier alpha value is -2.64. The van der Waals surface area contributed by atoms with Crippen LogP contribution in [-0.4, -0.2) is 34.4 Å². The number of fused-ring (bicyclic) bond motifs is 1. The summed E-state index contributed by atoms with van der Waals surface area (Å²) in [6.07, 6.45) is 0.704. The number of benzene rings is 2. The summed E-state index contributed by atoms with van der Waals surface area (Å²) in [6, 6.07) is 15.2. The fourth-order valence-corrected chi connectivity index (χ4v) is 4.05. The number of carbonyl (C=O) groups is 1. The SMILES string of the molecule is CCOCCCn1c(SCC(=O)Nc2cccc(C(C)C)c2)nc2ccccc2c1=O. The van der Waals surface area contributed by atoms with Gasteiger partial charge in [0.15, 0.2) is 5.16 Å². The third kappa shape index (κ3) is 6.18. The van der Waals surface area contributed by atoms with Gasteiger partial charge < -0.3 is 10.1 Å². The summed E-state index contributed by atoms with van der Waals surface area (Å²) in [4.78, 5) is 30.2. The molecule has 0 saturated heterocycles. The minimum absolute atomic E-state index is 0.0883. The van der Waals surface area contributed by atoms with Crippen LogP contribution in [0.5, 0.6) is 0 Å². The van der Waals surface area contributed by atoms with E-state index in [9.17, 15) is 9.59 Å². The molecule has 164 valence electrons. The average Bonchev–Trinajstić information content (AvgIpc) is 2.77. The number of thioether (sulfide) groups is 1. The van der Waals surface area contributed by atoms with Crippen molar-refractivity contribution in [3.05, 3.63) is 64.4 Å². The Bertz CT molecular complexity index is 1090. The molecule has 7 heteroatoms. The van der Waals surface area contributed by atoms with Crippen LogP contribution in [0.4, 0.5) is 5.69 Å². The third-order valence-electron chi connectivity index (χ3n) is 4.87. The largest absolute Gasteiger partial charge is 0.382 e. The number of nitrogens with zero attached hydrogens (tertiary/aromatic N) is 2. The Balaban J connectivity index is 1.75. The van der Waals surface area contributed by atoms with E-state index >= 15 is 0 Å². The number of carbonyl (C=O) groups excluding carboxylic acids is 1. The molecule has 2 aromatic carbocycles. The van der Waals surface area contributed by atoms with E-state index in [-0.39, 0.29) is 17.2 Å². The van der Waals surface area contributed by atoms with Crippen LogP contribution in [0.1, 0.15) is 38.7 Å². The second-order valence-corrected chi connectivity index (χ2v) is 8.48. The minimum atomic E-state index is -0.130. The van der Waals surface area contributed by atoms with E-state index in [1.165, 1.54) is 17.3 Å². The first-order valence-electron chi connectivity index (χ1n) is 10.6. The molecular weight excluding hydrogens is 410 g/mol. The highest BCUT2D eigenvalue weighted by molar-refractivity contribution is 7.99. The molecule has 31 heavy (non-hydrogen) atoms. The number of amides is 1. The van der Waals surface area contributed by atoms with Gasteiger partial charge in [-0.25, -0.2) is 4.98 Å². The second kappa shape index (κ2) is 11.1. The van der Waals surface area contributed by atoms with Gasteiger partial charge in [0.2, 0.25) is 5.91 Å². The fourth-order valence-electron chi connectivity index (χ4n) is 3.23. The summed E-state index contributed by atoms with van der Waals surface area (Å²) in [5, 5.41) is 4.07. The summed E-state index contributed by atoms with van der Waals surface area (Å²) >= 11 is 1.28. The molecule has 0 aliphatic carbocycles. The van der Waals surface area contributed by atoms with Gasteiger partial charge in [0.05, 0.1) is 16.7 Å². The standard InChI is InChI=1S/C24H29N3O3S/c1-4-30-14-8-13-27-23(29)20-11-5-6-12-21(20)26-24(27)31-16-22(28)25-19-10-7-9-18(15-19)17(2)3/h5-7,9-12,15,17H,4,8,13-14,16H2,1-3H3,(H,25,28). The smallest absolute Gasteiger partial charge is 0.262 e. The molecule has 0 aliphatic rings. The van der Waals surface area contributed by atoms with Crippen LogP contribution in [-0.2, 0) is 16.1 Å². The lowest BCUT2D eigenvalue weighted by atomic mass is 10.0. The van der Waals surface area contributed by atoms with Crippen LogP contribution in [0.25, 0.3) is 10.9 Å². The predicted octanol–water partition coefficient (Wildman–Crippen LogP) is 4.68. The second-order valence-electron chi connectivity index (χ2n) is 7.54. The zero-order chi connectivity index (χ0) is 22.2. The molecule has 0 atom stereocenters. The van der Waals surface area contributed by atoms with Crippen molar-refractivity contribution in [3.8, 4) is 0 Å². The molecule has 3 aromatic rings. The zero-order valence-corrected chi connectivity index (χ0v) is 19.1. The quantitative estimate of drug-likeness (QED) is 0.282. The van der Waals surface area contributed by atoms with Gasteiger partial charge in [-0.1, -0.05) is 49.9 Å². The van der Waals surface area contributed by atoms with E-state index in [1.807, 2.05) is 43.3 Å². The number of hydrogen-bond donors (Lipinski definition) is 1. The van der Waals surface area contributed by atoms with Gasteiger partial charge in [0, 0.05) is 25.4 Å². The molecule has 6 nitrogen and oxygen atoms in total. The predicted molar refractivity (Wildman–Crippen MR) is 127 cm³/mol. The van der Waals surface area contributed by atoms with Crippen molar-refractivity contribution in [3.63, 3.8) is 0 Å². The normalized spacial score (nSPS) is 11.2. The molecule has 1 heterocycles. The molecule has 1 amide bonds. The van der Waals surface area contributed by atoms with Crippen LogP contribution in [0, 0.1) is 0 Å². The van der Waals surface area contributed by atoms with E-state index in [0.717, 1.165) is 5.69 Å². The van der Waals surface area contributed by atoms with E-state index < -0.39 is 0 Å². The van der Waals surface area contributed by atoms with Gasteiger partial charge in [-0.05, 0) is 49.1 Å². The van der Waals surface area contributed by atoms with E-state index in [4.69, 9.17) is 4.74 Å². The van der Waals surface area contributed by atoms with E-state index in [0.29, 0.717) is 48.2 Å². The first-order chi connectivity index (χ1) is 15.0. The number of para-hydroxylation sites is 1. The maximum atomic E-state index is 13.0. The van der Waals surface area contributed by atoms with Crippen LogP contribution in [0.15, 0.2) is 58.5 Å². The molecule has 0 bridgehead atoms. The van der Waals surface area contributed by atoms with Gasteiger partial charge in [-0.2, -0.15) is 0 Å². The molecule has 1 N–H and O–H groups in total. The summed E-state index contributed by atoms with van der Waals surface area (Å²) < 4.78 is 7.06. The summed E-state index contributed by atoms with van der Waals surface area (Å²) in [6.45, 7) is 7.90. The van der Waals surface area contributed by atoms with Crippen molar-refractivity contribution >= 4 is 34.3 Å². The number of rotatable bonds is 10. The number of aromatic nitrogens is 2. The van der Waals surface area contributed by atoms with Crippen molar-refractivity contribution in [2.75, 3.05) is 24.3 Å². The first kappa shape index (κ1) is 23.0. The maximum absolute atomic E-state index is 13.0. The van der Waals surface area contributed by atoms with Crippen LogP contribution >= 0.6 is 11.8 Å².